The van der Waals surface area contributed by atoms with E-state index in [0.29, 0.717) is 23.2 Å². The number of aliphatic hydroxyl groups is 3. The van der Waals surface area contributed by atoms with Gasteiger partial charge in [-0.2, -0.15) is 4.98 Å². The number of aliphatic hydroxyl groups excluding tert-OH is 3. The van der Waals surface area contributed by atoms with Gasteiger partial charge in [0.25, 0.3) is 6.01 Å². The standard InChI is InChI=1S/C30H28N6O9/c1-2-44-30-31-20-9-5-8-19(28(40)41)21(20)35(30)14-15-10-12-16(13-11-15)17-6-3-4-7-18(17)26-32-34-36(33-26)27-24(39)22(37)23(38)25(45-27)29(42)43/h3-13,22-25,27,37-39H,2,14H2,1H3,(H,40,41)(H,42,43)/p-2/t22-,23-,24+,25-,27+/m0/s1. The molecule has 0 bridgehead atoms. The Bertz CT molecular complexity index is 1870. The molecule has 232 valence electrons. The van der Waals surface area contributed by atoms with Crippen molar-refractivity contribution in [1.29, 1.82) is 0 Å². The number of fused-ring (bicyclic) bond motifs is 1. The van der Waals surface area contributed by atoms with Gasteiger partial charge in [0, 0.05) is 11.1 Å². The lowest BCUT2D eigenvalue weighted by Gasteiger charge is -2.39. The number of aromatic carboxylic acids is 1. The largest absolute Gasteiger partial charge is 0.547 e. The van der Waals surface area contributed by atoms with Crippen LogP contribution in [0.25, 0.3) is 33.5 Å². The fourth-order valence-electron chi connectivity index (χ4n) is 5.30. The predicted octanol–water partition coefficient (Wildman–Crippen LogP) is -1.10. The summed E-state index contributed by atoms with van der Waals surface area (Å²) in [7, 11) is 0. The number of hydrogen-bond donors (Lipinski definition) is 3. The third-order valence-corrected chi connectivity index (χ3v) is 7.47. The molecular formula is C30H26N6O9-2. The van der Waals surface area contributed by atoms with E-state index in [1.165, 1.54) is 6.07 Å². The molecule has 1 saturated heterocycles. The second-order valence-electron chi connectivity index (χ2n) is 10.3. The number of carbonyl (C=O) groups excluding carboxylic acids is 2. The number of aromatic nitrogens is 6. The van der Waals surface area contributed by atoms with Gasteiger partial charge in [-0.05, 0) is 34.9 Å². The number of carboxylic acid groups (broad SMARTS) is 2. The number of tetrazole rings is 1. The molecule has 2 aromatic heterocycles. The Hall–Kier alpha value is -5.22. The summed E-state index contributed by atoms with van der Waals surface area (Å²) >= 11 is 0. The van der Waals surface area contributed by atoms with Gasteiger partial charge in [-0.1, -0.05) is 60.7 Å². The second kappa shape index (κ2) is 12.0. The average Bonchev–Trinajstić information content (AvgIpc) is 3.65. The molecule has 0 amide bonds. The van der Waals surface area contributed by atoms with Crippen molar-refractivity contribution in [2.24, 2.45) is 0 Å². The Kier molecular flexibility index (Phi) is 7.99. The van der Waals surface area contributed by atoms with Crippen molar-refractivity contribution >= 4 is 23.0 Å². The molecule has 15 heteroatoms. The molecule has 15 nitrogen and oxygen atoms in total. The molecule has 5 aromatic rings. The third-order valence-electron chi connectivity index (χ3n) is 7.47. The fraction of sp³-hybridized carbons (Fsp3) is 0.267. The normalized spacial score (nSPS) is 21.6. The number of imidazole rings is 1. The quantitative estimate of drug-likeness (QED) is 0.180. The summed E-state index contributed by atoms with van der Waals surface area (Å²) in [5.41, 5.74) is 3.76. The molecular weight excluding hydrogens is 588 g/mol. The van der Waals surface area contributed by atoms with Crippen LogP contribution in [0.5, 0.6) is 6.01 Å². The first-order valence-corrected chi connectivity index (χ1v) is 13.9. The third kappa shape index (κ3) is 5.49. The van der Waals surface area contributed by atoms with E-state index in [4.69, 9.17) is 9.47 Å². The van der Waals surface area contributed by atoms with E-state index in [1.807, 2.05) is 43.3 Å². The van der Waals surface area contributed by atoms with Crippen molar-refractivity contribution in [3.05, 3.63) is 77.9 Å². The van der Waals surface area contributed by atoms with Gasteiger partial charge in [-0.3, -0.25) is 4.57 Å². The molecule has 1 aliphatic heterocycles. The number of nitrogens with zero attached hydrogens (tertiary/aromatic N) is 6. The SMILES string of the molecule is CCOc1nc2cccc(C(=O)[O-])c2n1Cc1ccc(-c2ccccc2-c2nnn([C@@H]3O[C@H](C(=O)[O-])[C@@H](O)[C@H](O)[C@H]3O)n2)cc1. The van der Waals surface area contributed by atoms with Crippen LogP contribution in [0.4, 0.5) is 0 Å². The summed E-state index contributed by atoms with van der Waals surface area (Å²) in [6.45, 7) is 2.42. The average molecular weight is 615 g/mol. The molecule has 0 radical (unpaired) electrons. The van der Waals surface area contributed by atoms with Crippen molar-refractivity contribution in [3.63, 3.8) is 0 Å². The predicted molar refractivity (Wildman–Crippen MR) is 150 cm³/mol. The maximum absolute atomic E-state index is 11.8. The zero-order chi connectivity index (χ0) is 31.8. The van der Waals surface area contributed by atoms with Crippen LogP contribution < -0.4 is 14.9 Å². The number of ether oxygens (including phenoxy) is 2. The zero-order valence-corrected chi connectivity index (χ0v) is 23.6. The summed E-state index contributed by atoms with van der Waals surface area (Å²) in [4.78, 5) is 28.5. The van der Waals surface area contributed by atoms with Gasteiger partial charge in [0.05, 0.1) is 36.1 Å². The van der Waals surface area contributed by atoms with Gasteiger partial charge < -0.3 is 44.6 Å². The molecule has 0 spiro atoms. The van der Waals surface area contributed by atoms with Crippen LogP contribution in [0.3, 0.4) is 0 Å². The van der Waals surface area contributed by atoms with Gasteiger partial charge in [-0.25, -0.2) is 0 Å². The van der Waals surface area contributed by atoms with Crippen molar-refractivity contribution < 1.29 is 44.6 Å². The van der Waals surface area contributed by atoms with E-state index in [9.17, 15) is 35.1 Å². The number of aliphatic carboxylic acids is 1. The van der Waals surface area contributed by atoms with Gasteiger partial charge in [-0.15, -0.1) is 15.0 Å². The molecule has 0 aliphatic carbocycles. The topological polar surface area (TPSA) is 221 Å². The van der Waals surface area contributed by atoms with E-state index in [-0.39, 0.29) is 23.9 Å². The van der Waals surface area contributed by atoms with Crippen molar-refractivity contribution in [3.8, 4) is 28.5 Å². The van der Waals surface area contributed by atoms with E-state index in [2.05, 4.69) is 20.4 Å². The number of benzene rings is 3. The first kappa shape index (κ1) is 29.8. The Morgan fingerprint density at radius 1 is 0.933 bits per heavy atom. The van der Waals surface area contributed by atoms with Gasteiger partial charge in [0.1, 0.15) is 24.4 Å². The monoisotopic (exact) mass is 614 g/mol. The smallest absolute Gasteiger partial charge is 0.297 e. The van der Waals surface area contributed by atoms with Crippen molar-refractivity contribution in [2.75, 3.05) is 6.61 Å². The number of rotatable bonds is 9. The molecule has 6 rings (SSSR count). The van der Waals surface area contributed by atoms with Gasteiger partial charge in [0.15, 0.2) is 6.23 Å². The Balaban J connectivity index is 1.29. The number of carbonyl (C=O) groups is 2. The minimum atomic E-state index is -1.93. The lowest BCUT2D eigenvalue weighted by molar-refractivity contribution is -0.338. The molecule has 45 heavy (non-hydrogen) atoms. The first-order valence-electron chi connectivity index (χ1n) is 13.9. The van der Waals surface area contributed by atoms with Crippen LogP contribution >= 0.6 is 0 Å². The summed E-state index contributed by atoms with van der Waals surface area (Å²) in [6.07, 6.45) is -9.01. The number of para-hydroxylation sites is 1. The van der Waals surface area contributed by atoms with Crippen LogP contribution in [-0.4, -0.2) is 88.0 Å². The highest BCUT2D eigenvalue weighted by atomic mass is 16.6. The summed E-state index contributed by atoms with van der Waals surface area (Å²) in [5.74, 6) is -2.97. The highest BCUT2D eigenvalue weighted by Gasteiger charge is 2.46. The van der Waals surface area contributed by atoms with Crippen LogP contribution in [0.15, 0.2) is 66.7 Å². The van der Waals surface area contributed by atoms with Crippen molar-refractivity contribution in [2.45, 2.75) is 44.1 Å². The van der Waals surface area contributed by atoms with Crippen molar-refractivity contribution in [1.82, 2.24) is 29.8 Å². The van der Waals surface area contributed by atoms with E-state index in [0.717, 1.165) is 21.5 Å². The zero-order valence-electron chi connectivity index (χ0n) is 23.6. The van der Waals surface area contributed by atoms with Crippen LogP contribution in [0, 0.1) is 0 Å². The number of carboxylic acids is 2. The molecule has 1 aliphatic rings. The fourth-order valence-corrected chi connectivity index (χ4v) is 5.30. The van der Waals surface area contributed by atoms with E-state index < -0.39 is 42.6 Å². The highest BCUT2D eigenvalue weighted by molar-refractivity contribution is 6.00. The van der Waals surface area contributed by atoms with Gasteiger partial charge >= 0.3 is 0 Å². The van der Waals surface area contributed by atoms with E-state index in [1.54, 1.807) is 28.8 Å². The van der Waals surface area contributed by atoms with E-state index >= 15 is 0 Å². The first-order chi connectivity index (χ1) is 21.7. The molecule has 0 saturated carbocycles. The molecule has 3 heterocycles. The second-order valence-corrected chi connectivity index (χ2v) is 10.3. The minimum Gasteiger partial charge on any atom is -0.547 e. The van der Waals surface area contributed by atoms with Crippen LogP contribution in [-0.2, 0) is 16.1 Å². The molecule has 0 unspecified atom stereocenters. The van der Waals surface area contributed by atoms with Crippen LogP contribution in [0.2, 0.25) is 0 Å². The highest BCUT2D eigenvalue weighted by Crippen LogP contribution is 2.33. The minimum absolute atomic E-state index is 0.00373. The molecule has 3 N–H and O–H groups in total. The Morgan fingerprint density at radius 3 is 2.36 bits per heavy atom. The Labute approximate surface area is 254 Å². The maximum atomic E-state index is 11.8. The van der Waals surface area contributed by atoms with Gasteiger partial charge in [0.2, 0.25) is 5.82 Å². The molecule has 5 atom stereocenters. The summed E-state index contributed by atoms with van der Waals surface area (Å²) in [5, 5.41) is 65.9. The Morgan fingerprint density at radius 2 is 1.67 bits per heavy atom. The molecule has 3 aromatic carbocycles. The maximum Gasteiger partial charge on any atom is 0.297 e. The summed E-state index contributed by atoms with van der Waals surface area (Å²) < 4.78 is 12.6. The molecule has 1 fully saturated rings. The van der Waals surface area contributed by atoms with Crippen LogP contribution in [0.1, 0.15) is 29.1 Å². The lowest BCUT2D eigenvalue weighted by atomic mass is 9.98. The lowest BCUT2D eigenvalue weighted by Crippen LogP contribution is -2.60. The number of hydrogen-bond acceptors (Lipinski definition) is 13. The summed E-state index contributed by atoms with van der Waals surface area (Å²) in [6, 6.07) is 19.7.